The summed E-state index contributed by atoms with van der Waals surface area (Å²) >= 11 is 0. The molecule has 0 bridgehead atoms. The van der Waals surface area contributed by atoms with E-state index in [2.05, 4.69) is 11.4 Å². The highest BCUT2D eigenvalue weighted by Gasteiger charge is 2.27. The van der Waals surface area contributed by atoms with Crippen LogP contribution in [0.5, 0.6) is 0 Å². The zero-order chi connectivity index (χ0) is 13.8. The fraction of sp³-hybridized carbons (Fsp3) is 0.533. The normalized spacial score (nSPS) is 20.6. The van der Waals surface area contributed by atoms with Crippen molar-refractivity contribution >= 4 is 11.6 Å². The fourth-order valence-corrected chi connectivity index (χ4v) is 2.61. The lowest BCUT2D eigenvalue weighted by Gasteiger charge is -2.26. The van der Waals surface area contributed by atoms with Gasteiger partial charge in [-0.2, -0.15) is 0 Å². The molecule has 2 unspecified atom stereocenters. The Kier molecular flexibility index (Phi) is 4.56. The van der Waals surface area contributed by atoms with Crippen molar-refractivity contribution in [3.05, 3.63) is 29.8 Å². The molecule has 0 fully saturated rings. The van der Waals surface area contributed by atoms with Gasteiger partial charge in [-0.25, -0.2) is 0 Å². The second kappa shape index (κ2) is 6.17. The van der Waals surface area contributed by atoms with Gasteiger partial charge in [0.15, 0.2) is 0 Å². The van der Waals surface area contributed by atoms with Crippen molar-refractivity contribution in [2.75, 3.05) is 25.6 Å². The van der Waals surface area contributed by atoms with Crippen molar-refractivity contribution in [3.8, 4) is 0 Å². The van der Waals surface area contributed by atoms with Gasteiger partial charge in [-0.3, -0.25) is 4.79 Å². The molecule has 1 aliphatic rings. The van der Waals surface area contributed by atoms with E-state index >= 15 is 0 Å². The molecular weight excluding hydrogens is 240 g/mol. The summed E-state index contributed by atoms with van der Waals surface area (Å²) in [6.07, 6.45) is 1.63. The predicted molar refractivity (Wildman–Crippen MR) is 76.3 cm³/mol. The molecule has 104 valence electrons. The minimum absolute atomic E-state index is 0.0340. The van der Waals surface area contributed by atoms with E-state index in [1.807, 2.05) is 30.1 Å². The molecule has 2 atom stereocenters. The molecule has 4 nitrogen and oxygen atoms in total. The average molecular weight is 262 g/mol. The third kappa shape index (κ3) is 2.80. The van der Waals surface area contributed by atoms with Crippen LogP contribution in [0.3, 0.4) is 0 Å². The van der Waals surface area contributed by atoms with Crippen molar-refractivity contribution in [2.24, 2.45) is 0 Å². The number of hydrogen-bond acceptors (Lipinski definition) is 3. The van der Waals surface area contributed by atoms with Crippen molar-refractivity contribution < 1.29 is 9.53 Å². The number of rotatable bonds is 3. The van der Waals surface area contributed by atoms with Gasteiger partial charge in [-0.1, -0.05) is 18.2 Å². The summed E-state index contributed by atoms with van der Waals surface area (Å²) in [4.78, 5) is 14.3. The first-order chi connectivity index (χ1) is 9.19. The quantitative estimate of drug-likeness (QED) is 0.907. The number of carbonyl (C=O) groups is 1. The maximum Gasteiger partial charge on any atom is 0.255 e. The molecule has 0 saturated carbocycles. The lowest BCUT2D eigenvalue weighted by molar-refractivity contribution is -0.127. The first kappa shape index (κ1) is 14.0. The maximum atomic E-state index is 12.4. The van der Waals surface area contributed by atoms with Gasteiger partial charge in [0, 0.05) is 25.4 Å². The van der Waals surface area contributed by atoms with E-state index in [4.69, 9.17) is 4.74 Å². The molecular formula is C15H22N2O2. The van der Waals surface area contributed by atoms with Crippen LogP contribution in [0, 0.1) is 0 Å². The lowest BCUT2D eigenvalue weighted by atomic mass is 10.0. The number of nitrogens with zero attached hydrogens (tertiary/aromatic N) is 1. The molecule has 0 spiro atoms. The standard InChI is InChI=1S/C15H22N2O2/c1-11(19-3)15(18)17-10-6-8-13(16-2)12-7-4-5-9-14(12)17/h4-5,7,9,11,13,16H,6,8,10H2,1-3H3. The van der Waals surface area contributed by atoms with Gasteiger partial charge in [0.05, 0.1) is 0 Å². The molecule has 1 amide bonds. The molecule has 0 radical (unpaired) electrons. The van der Waals surface area contributed by atoms with Crippen LogP contribution < -0.4 is 10.2 Å². The summed E-state index contributed by atoms with van der Waals surface area (Å²) in [6, 6.07) is 8.43. The Labute approximate surface area is 114 Å². The number of para-hydroxylation sites is 1. The van der Waals surface area contributed by atoms with Crippen LogP contribution in [0.2, 0.25) is 0 Å². The van der Waals surface area contributed by atoms with Gasteiger partial charge < -0.3 is 15.0 Å². The van der Waals surface area contributed by atoms with Gasteiger partial charge in [0.2, 0.25) is 0 Å². The number of nitrogens with one attached hydrogen (secondary N) is 1. The molecule has 0 aliphatic carbocycles. The smallest absolute Gasteiger partial charge is 0.255 e. The largest absolute Gasteiger partial charge is 0.372 e. The third-order valence-corrected chi connectivity index (χ3v) is 3.79. The number of benzene rings is 1. The summed E-state index contributed by atoms with van der Waals surface area (Å²) < 4.78 is 5.17. The Morgan fingerprint density at radius 1 is 1.47 bits per heavy atom. The fourth-order valence-electron chi connectivity index (χ4n) is 2.61. The molecule has 1 aliphatic heterocycles. The highest BCUT2D eigenvalue weighted by molar-refractivity contribution is 5.97. The van der Waals surface area contributed by atoms with Crippen LogP contribution in [0.15, 0.2) is 24.3 Å². The van der Waals surface area contributed by atoms with E-state index in [0.717, 1.165) is 25.1 Å². The van der Waals surface area contributed by atoms with E-state index < -0.39 is 6.10 Å². The molecule has 1 heterocycles. The number of fused-ring (bicyclic) bond motifs is 1. The minimum atomic E-state index is -0.404. The van der Waals surface area contributed by atoms with Gasteiger partial charge in [0.1, 0.15) is 6.10 Å². The van der Waals surface area contributed by atoms with Crippen LogP contribution in [0.1, 0.15) is 31.4 Å². The number of amides is 1. The number of ether oxygens (including phenoxy) is 1. The zero-order valence-corrected chi connectivity index (χ0v) is 11.8. The predicted octanol–water partition coefficient (Wildman–Crippen LogP) is 2.11. The van der Waals surface area contributed by atoms with Crippen LogP contribution in [0.4, 0.5) is 5.69 Å². The number of methoxy groups -OCH3 is 1. The molecule has 0 saturated heterocycles. The van der Waals surface area contributed by atoms with E-state index in [1.165, 1.54) is 5.56 Å². The monoisotopic (exact) mass is 262 g/mol. The lowest BCUT2D eigenvalue weighted by Crippen LogP contribution is -2.39. The highest BCUT2D eigenvalue weighted by Crippen LogP contribution is 2.32. The van der Waals surface area contributed by atoms with Crippen LogP contribution in [-0.2, 0) is 9.53 Å². The highest BCUT2D eigenvalue weighted by atomic mass is 16.5. The second-order valence-electron chi connectivity index (χ2n) is 4.91. The second-order valence-corrected chi connectivity index (χ2v) is 4.91. The van der Waals surface area contributed by atoms with Gasteiger partial charge in [0.25, 0.3) is 5.91 Å². The Morgan fingerprint density at radius 2 is 2.21 bits per heavy atom. The summed E-state index contributed by atoms with van der Waals surface area (Å²) in [5.74, 6) is 0.0340. The SMILES string of the molecule is CNC1CCCN(C(=O)C(C)OC)c2ccccc21. The first-order valence-corrected chi connectivity index (χ1v) is 6.79. The molecule has 0 aromatic heterocycles. The summed E-state index contributed by atoms with van der Waals surface area (Å²) in [5.41, 5.74) is 2.20. The Balaban J connectivity index is 2.38. The third-order valence-electron chi connectivity index (χ3n) is 3.79. The topological polar surface area (TPSA) is 41.6 Å². The number of anilines is 1. The van der Waals surface area contributed by atoms with Crippen molar-refractivity contribution in [2.45, 2.75) is 31.9 Å². The van der Waals surface area contributed by atoms with Crippen LogP contribution >= 0.6 is 0 Å². The molecule has 4 heteroatoms. The average Bonchev–Trinajstić information content (AvgIpc) is 2.64. The van der Waals surface area contributed by atoms with Crippen LogP contribution in [0.25, 0.3) is 0 Å². The van der Waals surface area contributed by atoms with E-state index in [9.17, 15) is 4.79 Å². The van der Waals surface area contributed by atoms with E-state index in [1.54, 1.807) is 14.0 Å². The van der Waals surface area contributed by atoms with Crippen molar-refractivity contribution in [3.63, 3.8) is 0 Å². The molecule has 2 rings (SSSR count). The van der Waals surface area contributed by atoms with Gasteiger partial charge in [-0.05, 0) is 38.4 Å². The van der Waals surface area contributed by atoms with Gasteiger partial charge >= 0.3 is 0 Å². The summed E-state index contributed by atoms with van der Waals surface area (Å²) in [7, 11) is 3.54. The Morgan fingerprint density at radius 3 is 2.89 bits per heavy atom. The summed E-state index contributed by atoms with van der Waals surface area (Å²) in [6.45, 7) is 2.55. The van der Waals surface area contributed by atoms with Crippen molar-refractivity contribution in [1.82, 2.24) is 5.32 Å². The van der Waals surface area contributed by atoms with E-state index in [0.29, 0.717) is 6.04 Å². The molecule has 1 aromatic carbocycles. The van der Waals surface area contributed by atoms with Crippen LogP contribution in [-0.4, -0.2) is 32.7 Å². The number of carbonyl (C=O) groups excluding carboxylic acids is 1. The molecule has 1 N–H and O–H groups in total. The zero-order valence-electron chi connectivity index (χ0n) is 11.8. The molecule has 1 aromatic rings. The minimum Gasteiger partial charge on any atom is -0.372 e. The maximum absolute atomic E-state index is 12.4. The molecule has 19 heavy (non-hydrogen) atoms. The van der Waals surface area contributed by atoms with Gasteiger partial charge in [-0.15, -0.1) is 0 Å². The van der Waals surface area contributed by atoms with E-state index in [-0.39, 0.29) is 5.91 Å². The Bertz CT molecular complexity index is 448. The summed E-state index contributed by atoms with van der Waals surface area (Å²) in [5, 5.41) is 3.33. The van der Waals surface area contributed by atoms with Crippen molar-refractivity contribution in [1.29, 1.82) is 0 Å². The first-order valence-electron chi connectivity index (χ1n) is 6.79. The Hall–Kier alpha value is -1.39. The number of hydrogen-bond donors (Lipinski definition) is 1.